The predicted molar refractivity (Wildman–Crippen MR) is 73.1 cm³/mol. The average Bonchev–Trinajstić information content (AvgIpc) is 2.30. The number of benzene rings is 1. The summed E-state index contributed by atoms with van der Waals surface area (Å²) in [6.07, 6.45) is 0. The number of rotatable bonds is 3. The van der Waals surface area contributed by atoms with E-state index in [4.69, 9.17) is 5.73 Å². The molecule has 106 valence electrons. The zero-order chi connectivity index (χ0) is 14.9. The van der Waals surface area contributed by atoms with Crippen molar-refractivity contribution in [2.24, 2.45) is 0 Å². The predicted octanol–water partition coefficient (Wildman–Crippen LogP) is 1.62. The van der Waals surface area contributed by atoms with Crippen LogP contribution in [0.5, 0.6) is 0 Å². The second kappa shape index (κ2) is 5.04. The molecular formula is C12H13FN4O2S. The van der Waals surface area contributed by atoms with Crippen LogP contribution in [0.3, 0.4) is 0 Å². The van der Waals surface area contributed by atoms with E-state index in [0.717, 1.165) is 12.1 Å². The van der Waals surface area contributed by atoms with Crippen molar-refractivity contribution in [1.29, 1.82) is 0 Å². The molecule has 6 nitrogen and oxygen atoms in total. The fraction of sp³-hybridized carbons (Fsp3) is 0.167. The molecular weight excluding hydrogens is 283 g/mol. The van der Waals surface area contributed by atoms with Crippen molar-refractivity contribution in [3.05, 3.63) is 41.5 Å². The number of nitrogens with two attached hydrogens (primary N) is 1. The standard InChI is InChI=1S/C12H13FN4O2S/c1-7-5-8(2)16-12(15-7)17-20(18,19)11-6-9(14)3-4-10(11)13/h3-6H,14H2,1-2H3,(H,15,16,17). The molecule has 0 unspecified atom stereocenters. The first-order valence-corrected chi connectivity index (χ1v) is 7.16. The Bertz CT molecular complexity index is 742. The average molecular weight is 296 g/mol. The minimum absolute atomic E-state index is 0.107. The fourth-order valence-electron chi connectivity index (χ4n) is 1.67. The van der Waals surface area contributed by atoms with E-state index in [-0.39, 0.29) is 11.6 Å². The number of aromatic nitrogens is 2. The maximum absolute atomic E-state index is 13.6. The molecule has 0 atom stereocenters. The normalized spacial score (nSPS) is 11.3. The molecule has 0 saturated carbocycles. The zero-order valence-electron chi connectivity index (χ0n) is 10.9. The summed E-state index contributed by atoms with van der Waals surface area (Å²) in [7, 11) is -4.13. The molecule has 0 aliphatic carbocycles. The van der Waals surface area contributed by atoms with E-state index in [1.165, 1.54) is 6.07 Å². The van der Waals surface area contributed by atoms with Crippen molar-refractivity contribution in [1.82, 2.24) is 9.97 Å². The van der Waals surface area contributed by atoms with Crippen molar-refractivity contribution in [2.45, 2.75) is 18.7 Å². The van der Waals surface area contributed by atoms with Crippen LogP contribution in [0, 0.1) is 19.7 Å². The maximum Gasteiger partial charge on any atom is 0.267 e. The van der Waals surface area contributed by atoms with Gasteiger partial charge in [0.1, 0.15) is 10.7 Å². The van der Waals surface area contributed by atoms with Crippen molar-refractivity contribution >= 4 is 21.7 Å². The number of sulfonamides is 1. The molecule has 1 aromatic heterocycles. The van der Waals surface area contributed by atoms with Crippen LogP contribution < -0.4 is 10.5 Å². The molecule has 0 fully saturated rings. The van der Waals surface area contributed by atoms with Crippen molar-refractivity contribution in [2.75, 3.05) is 10.5 Å². The Morgan fingerprint density at radius 3 is 2.35 bits per heavy atom. The minimum Gasteiger partial charge on any atom is -0.399 e. The first-order chi connectivity index (χ1) is 9.28. The van der Waals surface area contributed by atoms with Crippen molar-refractivity contribution < 1.29 is 12.8 Å². The highest BCUT2D eigenvalue weighted by Gasteiger charge is 2.20. The second-order valence-electron chi connectivity index (χ2n) is 4.27. The molecule has 1 heterocycles. The number of nitrogens with zero attached hydrogens (tertiary/aromatic N) is 2. The molecule has 0 radical (unpaired) electrons. The lowest BCUT2D eigenvalue weighted by atomic mass is 10.3. The van der Waals surface area contributed by atoms with Gasteiger partial charge in [-0.25, -0.2) is 27.5 Å². The molecule has 0 saturated heterocycles. The Morgan fingerprint density at radius 2 is 1.75 bits per heavy atom. The van der Waals surface area contributed by atoms with Gasteiger partial charge in [-0.1, -0.05) is 0 Å². The van der Waals surface area contributed by atoms with Gasteiger partial charge < -0.3 is 5.73 Å². The third kappa shape index (κ3) is 3.02. The highest BCUT2D eigenvalue weighted by molar-refractivity contribution is 7.92. The Labute approximate surface area is 115 Å². The third-order valence-corrected chi connectivity index (χ3v) is 3.80. The van der Waals surface area contributed by atoms with Crippen LogP contribution in [0.1, 0.15) is 11.4 Å². The lowest BCUT2D eigenvalue weighted by Crippen LogP contribution is -2.17. The number of aryl methyl sites for hydroxylation is 2. The number of nitrogen functional groups attached to an aromatic ring is 1. The van der Waals surface area contributed by atoms with Crippen molar-refractivity contribution in [3.8, 4) is 0 Å². The van der Waals surface area contributed by atoms with Gasteiger partial charge in [0.15, 0.2) is 0 Å². The summed E-state index contributed by atoms with van der Waals surface area (Å²) in [5, 5.41) is 0. The summed E-state index contributed by atoms with van der Waals surface area (Å²) in [5.74, 6) is -1.000. The number of hydrogen-bond acceptors (Lipinski definition) is 5. The summed E-state index contributed by atoms with van der Waals surface area (Å²) >= 11 is 0. The fourth-order valence-corrected chi connectivity index (χ4v) is 2.73. The molecule has 0 aliphatic rings. The summed E-state index contributed by atoms with van der Waals surface area (Å²) in [4.78, 5) is 7.34. The number of nitrogens with one attached hydrogen (secondary N) is 1. The van der Waals surface area contributed by atoms with Gasteiger partial charge in [-0.15, -0.1) is 0 Å². The molecule has 2 aromatic rings. The summed E-state index contributed by atoms with van der Waals surface area (Å²) in [5.41, 5.74) is 6.82. The highest BCUT2D eigenvalue weighted by atomic mass is 32.2. The summed E-state index contributed by atoms with van der Waals surface area (Å²) < 4.78 is 40.0. The van der Waals surface area contributed by atoms with Crippen LogP contribution in [0.25, 0.3) is 0 Å². The van der Waals surface area contributed by atoms with E-state index in [1.807, 2.05) is 0 Å². The minimum atomic E-state index is -4.13. The number of hydrogen-bond donors (Lipinski definition) is 2. The van der Waals surface area contributed by atoms with Gasteiger partial charge in [0.25, 0.3) is 10.0 Å². The molecule has 2 rings (SSSR count). The Hall–Kier alpha value is -2.22. The zero-order valence-corrected chi connectivity index (χ0v) is 11.7. The maximum atomic E-state index is 13.6. The number of halogens is 1. The van der Waals surface area contributed by atoms with Crippen LogP contribution >= 0.6 is 0 Å². The quantitative estimate of drug-likeness (QED) is 0.839. The van der Waals surface area contributed by atoms with Crippen LogP contribution in [-0.2, 0) is 10.0 Å². The smallest absolute Gasteiger partial charge is 0.267 e. The molecule has 0 aliphatic heterocycles. The van der Waals surface area contributed by atoms with Gasteiger partial charge in [-0.2, -0.15) is 0 Å². The monoisotopic (exact) mass is 296 g/mol. The summed E-state index contributed by atoms with van der Waals surface area (Å²) in [6.45, 7) is 3.40. The summed E-state index contributed by atoms with van der Waals surface area (Å²) in [6, 6.07) is 5.01. The van der Waals surface area contributed by atoms with Gasteiger partial charge in [-0.05, 0) is 38.1 Å². The third-order valence-electron chi connectivity index (χ3n) is 2.45. The Morgan fingerprint density at radius 1 is 1.15 bits per heavy atom. The Balaban J connectivity index is 2.43. The van der Waals surface area contributed by atoms with Crippen LogP contribution in [0.4, 0.5) is 16.0 Å². The van der Waals surface area contributed by atoms with E-state index in [2.05, 4.69) is 14.7 Å². The van der Waals surface area contributed by atoms with Crippen LogP contribution in [-0.4, -0.2) is 18.4 Å². The SMILES string of the molecule is Cc1cc(C)nc(NS(=O)(=O)c2cc(N)ccc2F)n1. The van der Waals surface area contributed by atoms with E-state index in [0.29, 0.717) is 11.4 Å². The van der Waals surface area contributed by atoms with E-state index < -0.39 is 20.7 Å². The molecule has 1 aromatic carbocycles. The molecule has 3 N–H and O–H groups in total. The molecule has 8 heteroatoms. The first kappa shape index (κ1) is 14.2. The van der Waals surface area contributed by atoms with E-state index >= 15 is 0 Å². The second-order valence-corrected chi connectivity index (χ2v) is 5.92. The van der Waals surface area contributed by atoms with E-state index in [9.17, 15) is 12.8 Å². The molecule has 0 bridgehead atoms. The van der Waals surface area contributed by atoms with Crippen LogP contribution in [0.15, 0.2) is 29.2 Å². The molecule has 0 spiro atoms. The van der Waals surface area contributed by atoms with Gasteiger partial charge in [0.2, 0.25) is 5.95 Å². The van der Waals surface area contributed by atoms with Gasteiger partial charge >= 0.3 is 0 Å². The highest BCUT2D eigenvalue weighted by Crippen LogP contribution is 2.20. The van der Waals surface area contributed by atoms with Gasteiger partial charge in [0.05, 0.1) is 0 Å². The van der Waals surface area contributed by atoms with Crippen molar-refractivity contribution in [3.63, 3.8) is 0 Å². The first-order valence-electron chi connectivity index (χ1n) is 5.68. The largest absolute Gasteiger partial charge is 0.399 e. The molecule has 20 heavy (non-hydrogen) atoms. The van der Waals surface area contributed by atoms with Gasteiger partial charge in [0, 0.05) is 17.1 Å². The lowest BCUT2D eigenvalue weighted by molar-refractivity contribution is 0.570. The van der Waals surface area contributed by atoms with Crippen LogP contribution in [0.2, 0.25) is 0 Å². The lowest BCUT2D eigenvalue weighted by Gasteiger charge is -2.09. The van der Waals surface area contributed by atoms with Gasteiger partial charge in [-0.3, -0.25) is 0 Å². The van der Waals surface area contributed by atoms with E-state index in [1.54, 1.807) is 19.9 Å². The Kier molecular flexibility index (Phi) is 3.58. The molecule has 0 amide bonds. The number of anilines is 2. The topological polar surface area (TPSA) is 98.0 Å².